The molecule has 0 aliphatic rings. The van der Waals surface area contributed by atoms with Crippen molar-refractivity contribution in [2.75, 3.05) is 7.11 Å². The lowest BCUT2D eigenvalue weighted by Gasteiger charge is -2.04. The Morgan fingerprint density at radius 1 is 1.35 bits per heavy atom. The molecule has 2 aromatic rings. The van der Waals surface area contributed by atoms with Crippen LogP contribution in [0.1, 0.15) is 22.8 Å². The number of methoxy groups -OCH3 is 1. The molecule has 0 aliphatic heterocycles. The summed E-state index contributed by atoms with van der Waals surface area (Å²) in [5.41, 5.74) is 2.20. The normalized spacial score (nSPS) is 9.90. The topological polar surface area (TPSA) is 55.7 Å². The first kappa shape index (κ1) is 14.2. The van der Waals surface area contributed by atoms with Crippen molar-refractivity contribution in [3.05, 3.63) is 41.5 Å². The zero-order valence-corrected chi connectivity index (χ0v) is 12.0. The Bertz CT molecular complexity index is 670. The average Bonchev–Trinajstić information content (AvgIpc) is 2.86. The first-order valence-corrected chi connectivity index (χ1v) is 6.91. The molecule has 0 atom stereocenters. The van der Waals surface area contributed by atoms with Crippen molar-refractivity contribution in [1.82, 2.24) is 0 Å². The van der Waals surface area contributed by atoms with Crippen LogP contribution in [-0.2, 0) is 16.0 Å². The lowest BCUT2D eigenvalue weighted by molar-refractivity contribution is 0.0601. The van der Waals surface area contributed by atoms with Crippen molar-refractivity contribution in [2.45, 2.75) is 13.3 Å². The van der Waals surface area contributed by atoms with Gasteiger partial charge in [-0.3, -0.25) is 0 Å². The highest BCUT2D eigenvalue weighted by atomic mass is 32.1. The van der Waals surface area contributed by atoms with Gasteiger partial charge in [0, 0.05) is 4.88 Å². The van der Waals surface area contributed by atoms with Gasteiger partial charge in [-0.2, -0.15) is 4.99 Å². The number of ether oxygens (including phenoxy) is 1. The highest BCUT2D eigenvalue weighted by Crippen LogP contribution is 2.42. The number of thiophene rings is 1. The molecule has 0 saturated carbocycles. The van der Waals surface area contributed by atoms with E-state index in [9.17, 15) is 9.59 Å². The largest absolute Gasteiger partial charge is 0.465 e. The summed E-state index contributed by atoms with van der Waals surface area (Å²) < 4.78 is 4.79. The minimum Gasteiger partial charge on any atom is -0.465 e. The third kappa shape index (κ3) is 2.54. The van der Waals surface area contributed by atoms with Crippen molar-refractivity contribution in [1.29, 1.82) is 0 Å². The van der Waals surface area contributed by atoms with Crippen LogP contribution in [0.4, 0.5) is 5.00 Å². The fraction of sp³-hybridized carbons (Fsp3) is 0.200. The summed E-state index contributed by atoms with van der Waals surface area (Å²) in [7, 11) is 1.32. The molecular formula is C15H13NO3S. The standard InChI is InChI=1S/C15H13NO3S/c1-3-11-12(15(18)19-2)14(16-9-17)20-13(11)10-7-5-4-6-8-10/h4-8H,3H2,1-2H3. The Hall–Kier alpha value is -2.23. The molecule has 0 bridgehead atoms. The first-order valence-electron chi connectivity index (χ1n) is 6.10. The second kappa shape index (κ2) is 6.28. The fourth-order valence-electron chi connectivity index (χ4n) is 2.04. The molecule has 102 valence electrons. The van der Waals surface area contributed by atoms with E-state index in [1.165, 1.54) is 24.5 Å². The summed E-state index contributed by atoms with van der Waals surface area (Å²) in [4.78, 5) is 27.0. The van der Waals surface area contributed by atoms with Gasteiger partial charge in [-0.15, -0.1) is 11.3 Å². The van der Waals surface area contributed by atoms with Crippen LogP contribution in [0.25, 0.3) is 10.4 Å². The molecule has 1 heterocycles. The molecule has 0 N–H and O–H groups in total. The lowest BCUT2D eigenvalue weighted by atomic mass is 10.0. The summed E-state index contributed by atoms with van der Waals surface area (Å²) in [6, 6.07) is 9.69. The van der Waals surface area contributed by atoms with Gasteiger partial charge in [0.1, 0.15) is 10.6 Å². The first-order chi connectivity index (χ1) is 9.72. The van der Waals surface area contributed by atoms with Crippen molar-refractivity contribution in [2.24, 2.45) is 4.99 Å². The molecule has 20 heavy (non-hydrogen) atoms. The van der Waals surface area contributed by atoms with E-state index in [2.05, 4.69) is 4.99 Å². The van der Waals surface area contributed by atoms with Gasteiger partial charge in [-0.25, -0.2) is 9.59 Å². The number of esters is 1. The number of hydrogen-bond donors (Lipinski definition) is 0. The summed E-state index contributed by atoms with van der Waals surface area (Å²) in [6.07, 6.45) is 2.15. The van der Waals surface area contributed by atoms with Gasteiger partial charge in [0.2, 0.25) is 6.08 Å². The third-order valence-electron chi connectivity index (χ3n) is 2.91. The number of isocyanates is 1. The van der Waals surface area contributed by atoms with Gasteiger partial charge in [-0.05, 0) is 17.5 Å². The highest BCUT2D eigenvalue weighted by Gasteiger charge is 2.24. The Morgan fingerprint density at radius 2 is 2.05 bits per heavy atom. The van der Waals surface area contributed by atoms with E-state index < -0.39 is 5.97 Å². The molecule has 0 fully saturated rings. The van der Waals surface area contributed by atoms with Gasteiger partial charge in [-0.1, -0.05) is 37.3 Å². The smallest absolute Gasteiger partial charge is 0.341 e. The molecule has 0 unspecified atom stereocenters. The summed E-state index contributed by atoms with van der Waals surface area (Å²) in [6.45, 7) is 1.95. The minimum atomic E-state index is -0.478. The fourth-order valence-corrected chi connectivity index (χ4v) is 3.25. The molecule has 4 nitrogen and oxygen atoms in total. The van der Waals surface area contributed by atoms with Crippen LogP contribution in [0.2, 0.25) is 0 Å². The quantitative estimate of drug-likeness (QED) is 0.489. The third-order valence-corrected chi connectivity index (χ3v) is 4.09. The van der Waals surface area contributed by atoms with Gasteiger partial charge in [0.05, 0.1) is 7.11 Å². The zero-order chi connectivity index (χ0) is 14.5. The molecule has 5 heteroatoms. The van der Waals surface area contributed by atoms with Gasteiger partial charge >= 0.3 is 5.97 Å². The maximum absolute atomic E-state index is 11.9. The zero-order valence-electron chi connectivity index (χ0n) is 11.2. The Balaban J connectivity index is 2.71. The van der Waals surface area contributed by atoms with Crippen molar-refractivity contribution < 1.29 is 14.3 Å². The molecule has 0 saturated heterocycles. The maximum atomic E-state index is 11.9. The number of nitrogens with zero attached hydrogens (tertiary/aromatic N) is 1. The number of rotatable bonds is 4. The molecule has 1 aromatic heterocycles. The van der Waals surface area contributed by atoms with Crippen molar-refractivity contribution in [3.8, 4) is 10.4 Å². The molecule has 0 aliphatic carbocycles. The summed E-state index contributed by atoms with van der Waals surface area (Å²) in [5.74, 6) is -0.478. The average molecular weight is 287 g/mol. The molecule has 0 amide bonds. The van der Waals surface area contributed by atoms with Crippen LogP contribution in [0.15, 0.2) is 35.3 Å². The van der Waals surface area contributed by atoms with Crippen LogP contribution >= 0.6 is 11.3 Å². The van der Waals surface area contributed by atoms with E-state index in [4.69, 9.17) is 4.74 Å². The summed E-state index contributed by atoms with van der Waals surface area (Å²) >= 11 is 1.30. The van der Waals surface area contributed by atoms with E-state index in [1.807, 2.05) is 37.3 Å². The predicted octanol–water partition coefficient (Wildman–Crippen LogP) is 3.73. The number of benzene rings is 1. The van der Waals surface area contributed by atoms with Crippen molar-refractivity contribution in [3.63, 3.8) is 0 Å². The monoisotopic (exact) mass is 287 g/mol. The predicted molar refractivity (Wildman–Crippen MR) is 78.3 cm³/mol. The second-order valence-electron chi connectivity index (χ2n) is 4.00. The van der Waals surface area contributed by atoms with Gasteiger partial charge in [0.25, 0.3) is 0 Å². The number of carbonyl (C=O) groups excluding carboxylic acids is 2. The van der Waals surface area contributed by atoms with Gasteiger partial charge < -0.3 is 4.74 Å². The molecule has 0 radical (unpaired) electrons. The van der Waals surface area contributed by atoms with Crippen molar-refractivity contribution >= 4 is 28.4 Å². The van der Waals surface area contributed by atoms with E-state index in [1.54, 1.807) is 0 Å². The Labute approximate surface area is 120 Å². The molecular weight excluding hydrogens is 274 g/mol. The van der Waals surface area contributed by atoms with Gasteiger partial charge in [0.15, 0.2) is 0 Å². The Morgan fingerprint density at radius 3 is 2.60 bits per heavy atom. The van der Waals surface area contributed by atoms with Crippen LogP contribution in [0.5, 0.6) is 0 Å². The highest BCUT2D eigenvalue weighted by molar-refractivity contribution is 7.19. The van der Waals surface area contributed by atoms with Crippen LogP contribution in [0, 0.1) is 0 Å². The van der Waals surface area contributed by atoms with Crippen LogP contribution < -0.4 is 0 Å². The number of aliphatic imine (C=N–C) groups is 1. The maximum Gasteiger partial charge on any atom is 0.341 e. The second-order valence-corrected chi connectivity index (χ2v) is 5.00. The van der Waals surface area contributed by atoms with E-state index >= 15 is 0 Å². The van der Waals surface area contributed by atoms with E-state index in [0.29, 0.717) is 17.0 Å². The van der Waals surface area contributed by atoms with Crippen LogP contribution in [0.3, 0.4) is 0 Å². The molecule has 2 rings (SSSR count). The van der Waals surface area contributed by atoms with E-state index in [-0.39, 0.29) is 0 Å². The SMILES string of the molecule is CCc1c(-c2ccccc2)sc(N=C=O)c1C(=O)OC. The molecule has 1 aromatic carbocycles. The minimum absolute atomic E-state index is 0.350. The number of hydrogen-bond acceptors (Lipinski definition) is 5. The van der Waals surface area contributed by atoms with Crippen LogP contribution in [-0.4, -0.2) is 19.2 Å². The molecule has 0 spiro atoms. The summed E-state index contributed by atoms with van der Waals surface area (Å²) in [5, 5.41) is 0.350. The van der Waals surface area contributed by atoms with E-state index in [0.717, 1.165) is 16.0 Å². The Kier molecular flexibility index (Phi) is 4.45. The number of carbonyl (C=O) groups is 1. The lowest BCUT2D eigenvalue weighted by Crippen LogP contribution is -2.03.